The Morgan fingerprint density at radius 1 is 1.09 bits per heavy atom. The zero-order valence-electron chi connectivity index (χ0n) is 13.1. The molecule has 0 N–H and O–H groups in total. The van der Waals surface area contributed by atoms with Crippen LogP contribution in [0.3, 0.4) is 0 Å². The summed E-state index contributed by atoms with van der Waals surface area (Å²) in [6, 6.07) is 13.2. The van der Waals surface area contributed by atoms with Crippen molar-refractivity contribution in [1.29, 1.82) is 0 Å². The first-order chi connectivity index (χ1) is 11.2. The van der Waals surface area contributed by atoms with Crippen LogP contribution in [0.25, 0.3) is 0 Å². The van der Waals surface area contributed by atoms with Crippen molar-refractivity contribution >= 4 is 11.8 Å². The first-order valence-corrected chi connectivity index (χ1v) is 7.68. The minimum absolute atomic E-state index is 0.0411. The Morgan fingerprint density at radius 3 is 2.52 bits per heavy atom. The second-order valence-corrected chi connectivity index (χ2v) is 5.63. The predicted octanol–water partition coefficient (Wildman–Crippen LogP) is 2.13. The summed E-state index contributed by atoms with van der Waals surface area (Å²) in [5.41, 5.74) is 1.61. The van der Waals surface area contributed by atoms with Gasteiger partial charge in [-0.25, -0.2) is 0 Å². The van der Waals surface area contributed by atoms with Gasteiger partial charge < -0.3 is 9.80 Å². The Morgan fingerprint density at radius 2 is 1.87 bits per heavy atom. The number of carbonyl (C=O) groups is 2. The molecule has 1 atom stereocenters. The Kier molecular flexibility index (Phi) is 4.37. The molecule has 1 aliphatic rings. The monoisotopic (exact) mass is 309 g/mol. The molecule has 0 radical (unpaired) electrons. The van der Waals surface area contributed by atoms with Crippen molar-refractivity contribution in [1.82, 2.24) is 14.8 Å². The van der Waals surface area contributed by atoms with Gasteiger partial charge in [0.2, 0.25) is 5.91 Å². The third-order valence-corrected chi connectivity index (χ3v) is 4.18. The van der Waals surface area contributed by atoms with Crippen molar-refractivity contribution in [3.63, 3.8) is 0 Å². The molecule has 0 unspecified atom stereocenters. The van der Waals surface area contributed by atoms with E-state index in [0.717, 1.165) is 5.56 Å². The summed E-state index contributed by atoms with van der Waals surface area (Å²) in [5.74, 6) is -0.00503. The summed E-state index contributed by atoms with van der Waals surface area (Å²) in [6.07, 6.45) is 3.24. The van der Waals surface area contributed by atoms with Crippen LogP contribution in [-0.4, -0.2) is 46.2 Å². The van der Waals surface area contributed by atoms with Crippen LogP contribution in [-0.2, 0) is 4.79 Å². The lowest BCUT2D eigenvalue weighted by molar-refractivity contribution is -0.131. The highest BCUT2D eigenvalue weighted by molar-refractivity contribution is 5.94. The van der Waals surface area contributed by atoms with Crippen molar-refractivity contribution in [3.8, 4) is 0 Å². The van der Waals surface area contributed by atoms with Crippen LogP contribution in [0.4, 0.5) is 0 Å². The van der Waals surface area contributed by atoms with Gasteiger partial charge in [0.25, 0.3) is 5.91 Å². The van der Waals surface area contributed by atoms with Gasteiger partial charge in [0.15, 0.2) is 0 Å². The minimum Gasteiger partial charge on any atom is -0.339 e. The van der Waals surface area contributed by atoms with Crippen LogP contribution in [0, 0.1) is 0 Å². The van der Waals surface area contributed by atoms with Gasteiger partial charge in [0.1, 0.15) is 0 Å². The molecule has 0 aliphatic carbocycles. The molecule has 0 spiro atoms. The highest BCUT2D eigenvalue weighted by Gasteiger charge is 2.32. The average Bonchev–Trinajstić information content (AvgIpc) is 2.62. The summed E-state index contributed by atoms with van der Waals surface area (Å²) in [4.78, 5) is 32.2. The van der Waals surface area contributed by atoms with Gasteiger partial charge >= 0.3 is 0 Å². The Balaban J connectivity index is 1.91. The standard InChI is InChI=1S/C18H19N3O2/c1-14(22)20-10-11-21(18(23)16-8-5-9-19-12-16)17(13-20)15-6-3-2-4-7-15/h2-9,12,17H,10-11,13H2,1H3/t17-/m0/s1. The third-order valence-electron chi connectivity index (χ3n) is 4.18. The maximum Gasteiger partial charge on any atom is 0.256 e. The molecule has 2 amide bonds. The van der Waals surface area contributed by atoms with E-state index in [0.29, 0.717) is 25.2 Å². The van der Waals surface area contributed by atoms with Crippen molar-refractivity contribution in [2.24, 2.45) is 0 Å². The molecule has 2 heterocycles. The van der Waals surface area contributed by atoms with E-state index in [2.05, 4.69) is 4.98 Å². The van der Waals surface area contributed by atoms with E-state index in [1.165, 1.54) is 0 Å². The molecular weight excluding hydrogens is 290 g/mol. The second-order valence-electron chi connectivity index (χ2n) is 5.63. The molecule has 2 aromatic rings. The zero-order valence-corrected chi connectivity index (χ0v) is 13.1. The molecule has 1 fully saturated rings. The molecule has 3 rings (SSSR count). The Hall–Kier alpha value is -2.69. The number of nitrogens with zero attached hydrogens (tertiary/aromatic N) is 3. The van der Waals surface area contributed by atoms with Gasteiger partial charge in [-0.05, 0) is 17.7 Å². The summed E-state index contributed by atoms with van der Waals surface area (Å²) in [7, 11) is 0. The Labute approximate surface area is 135 Å². The summed E-state index contributed by atoms with van der Waals surface area (Å²) >= 11 is 0. The molecule has 0 saturated carbocycles. The van der Waals surface area contributed by atoms with Gasteiger partial charge in [0, 0.05) is 39.0 Å². The zero-order chi connectivity index (χ0) is 16.2. The molecule has 0 bridgehead atoms. The third kappa shape index (κ3) is 3.23. The summed E-state index contributed by atoms with van der Waals surface area (Å²) < 4.78 is 0. The lowest BCUT2D eigenvalue weighted by atomic mass is 10.0. The van der Waals surface area contributed by atoms with Gasteiger partial charge in [0.05, 0.1) is 11.6 Å². The van der Waals surface area contributed by atoms with E-state index < -0.39 is 0 Å². The molecule has 1 aromatic heterocycles. The van der Waals surface area contributed by atoms with Crippen LogP contribution in [0.15, 0.2) is 54.9 Å². The fourth-order valence-corrected chi connectivity index (χ4v) is 2.93. The average molecular weight is 309 g/mol. The topological polar surface area (TPSA) is 53.5 Å². The molecule has 23 heavy (non-hydrogen) atoms. The largest absolute Gasteiger partial charge is 0.339 e. The number of hydrogen-bond acceptors (Lipinski definition) is 3. The van der Waals surface area contributed by atoms with Crippen LogP contribution in [0.5, 0.6) is 0 Å². The molecule has 1 aliphatic heterocycles. The number of pyridine rings is 1. The van der Waals surface area contributed by atoms with E-state index >= 15 is 0 Å². The second kappa shape index (κ2) is 6.60. The molecular formula is C18H19N3O2. The van der Waals surface area contributed by atoms with Crippen molar-refractivity contribution in [3.05, 3.63) is 66.0 Å². The van der Waals surface area contributed by atoms with Crippen LogP contribution < -0.4 is 0 Å². The summed E-state index contributed by atoms with van der Waals surface area (Å²) in [6.45, 7) is 3.17. The number of piperazine rings is 1. The number of carbonyl (C=O) groups excluding carboxylic acids is 2. The lowest BCUT2D eigenvalue weighted by Gasteiger charge is -2.41. The number of hydrogen-bond donors (Lipinski definition) is 0. The fraction of sp³-hybridized carbons (Fsp3) is 0.278. The Bertz CT molecular complexity index is 688. The van der Waals surface area contributed by atoms with E-state index in [4.69, 9.17) is 0 Å². The molecule has 5 nitrogen and oxygen atoms in total. The number of benzene rings is 1. The van der Waals surface area contributed by atoms with Crippen molar-refractivity contribution in [2.45, 2.75) is 13.0 Å². The maximum absolute atomic E-state index is 12.8. The van der Waals surface area contributed by atoms with Crippen molar-refractivity contribution in [2.75, 3.05) is 19.6 Å². The van der Waals surface area contributed by atoms with E-state index in [9.17, 15) is 9.59 Å². The molecule has 5 heteroatoms. The van der Waals surface area contributed by atoms with Crippen LogP contribution in [0.2, 0.25) is 0 Å². The normalized spacial score (nSPS) is 17.9. The highest BCUT2D eigenvalue weighted by atomic mass is 16.2. The minimum atomic E-state index is -0.137. The van der Waals surface area contributed by atoms with E-state index in [1.807, 2.05) is 35.2 Å². The highest BCUT2D eigenvalue weighted by Crippen LogP contribution is 2.27. The number of aromatic nitrogens is 1. The number of rotatable bonds is 2. The lowest BCUT2D eigenvalue weighted by Crippen LogP contribution is -2.51. The van der Waals surface area contributed by atoms with Crippen LogP contribution >= 0.6 is 0 Å². The van der Waals surface area contributed by atoms with Crippen molar-refractivity contribution < 1.29 is 9.59 Å². The molecule has 1 saturated heterocycles. The quantitative estimate of drug-likeness (QED) is 0.854. The molecule has 118 valence electrons. The first-order valence-electron chi connectivity index (χ1n) is 7.68. The van der Waals surface area contributed by atoms with Gasteiger partial charge in [-0.2, -0.15) is 0 Å². The smallest absolute Gasteiger partial charge is 0.256 e. The van der Waals surface area contributed by atoms with Gasteiger partial charge in [-0.15, -0.1) is 0 Å². The molecule has 1 aromatic carbocycles. The van der Waals surface area contributed by atoms with Gasteiger partial charge in [-0.3, -0.25) is 14.6 Å². The number of amides is 2. The predicted molar refractivity (Wildman–Crippen MR) is 86.7 cm³/mol. The van der Waals surface area contributed by atoms with E-state index in [-0.39, 0.29) is 17.9 Å². The fourth-order valence-electron chi connectivity index (χ4n) is 2.93. The summed E-state index contributed by atoms with van der Waals surface area (Å²) in [5, 5.41) is 0. The SMILES string of the molecule is CC(=O)N1CCN(C(=O)c2cccnc2)[C@H](c2ccccc2)C1. The maximum atomic E-state index is 12.8. The van der Waals surface area contributed by atoms with Gasteiger partial charge in [-0.1, -0.05) is 30.3 Å². The van der Waals surface area contributed by atoms with E-state index in [1.54, 1.807) is 36.4 Å². The first kappa shape index (κ1) is 15.2. The van der Waals surface area contributed by atoms with Crippen LogP contribution in [0.1, 0.15) is 28.9 Å².